The van der Waals surface area contributed by atoms with Crippen LogP contribution in [0.25, 0.3) is 0 Å². The van der Waals surface area contributed by atoms with Crippen molar-refractivity contribution in [1.82, 2.24) is 10.2 Å². The number of anilines is 1. The molecule has 27 heavy (non-hydrogen) atoms. The number of benzene rings is 1. The third-order valence-electron chi connectivity index (χ3n) is 5.22. The first-order valence-corrected chi connectivity index (χ1v) is 9.61. The fourth-order valence-electron chi connectivity index (χ4n) is 3.59. The number of halogens is 1. The predicted octanol–water partition coefficient (Wildman–Crippen LogP) is 1.77. The second-order valence-electron chi connectivity index (χ2n) is 7.02. The van der Waals surface area contributed by atoms with Gasteiger partial charge in [0.2, 0.25) is 5.91 Å². The fourth-order valence-corrected chi connectivity index (χ4v) is 3.85. The lowest BCUT2D eigenvalue weighted by molar-refractivity contribution is -0.130. The molecule has 148 valence electrons. The number of nitrogens with one attached hydrogen (secondary N) is 2. The molecule has 0 bridgehead atoms. The summed E-state index contributed by atoms with van der Waals surface area (Å²) in [5.41, 5.74) is 0.469. The minimum absolute atomic E-state index is 0.0748. The molecule has 0 radical (unpaired) electrons. The van der Waals surface area contributed by atoms with E-state index in [0.29, 0.717) is 62.0 Å². The Hall–Kier alpha value is -1.67. The van der Waals surface area contributed by atoms with Crippen LogP contribution in [0.4, 0.5) is 5.69 Å². The summed E-state index contributed by atoms with van der Waals surface area (Å²) in [5, 5.41) is 6.55. The molecular formula is C19H26ClN3O4. The molecule has 3 rings (SSSR count). The third-order valence-corrected chi connectivity index (χ3v) is 5.53. The Kier molecular flexibility index (Phi) is 6.70. The van der Waals surface area contributed by atoms with Gasteiger partial charge < -0.3 is 25.0 Å². The Bertz CT molecular complexity index is 680. The zero-order chi connectivity index (χ0) is 19.3. The molecule has 0 unspecified atom stereocenters. The lowest BCUT2D eigenvalue weighted by Crippen LogP contribution is -2.47. The van der Waals surface area contributed by atoms with Crippen molar-refractivity contribution in [3.63, 3.8) is 0 Å². The van der Waals surface area contributed by atoms with E-state index in [-0.39, 0.29) is 11.8 Å². The monoisotopic (exact) mass is 395 g/mol. The first kappa shape index (κ1) is 20.1. The molecule has 2 aliphatic rings. The molecule has 1 aromatic carbocycles. The van der Waals surface area contributed by atoms with Gasteiger partial charge in [-0.25, -0.2) is 0 Å². The average Bonchev–Trinajstić information content (AvgIpc) is 2.69. The van der Waals surface area contributed by atoms with Crippen LogP contribution in [0.5, 0.6) is 0 Å². The van der Waals surface area contributed by atoms with Crippen molar-refractivity contribution >= 4 is 29.1 Å². The van der Waals surface area contributed by atoms with Gasteiger partial charge in [-0.15, -0.1) is 0 Å². The second-order valence-corrected chi connectivity index (χ2v) is 7.42. The quantitative estimate of drug-likeness (QED) is 0.794. The molecule has 2 N–H and O–H groups in total. The van der Waals surface area contributed by atoms with E-state index in [4.69, 9.17) is 21.1 Å². The summed E-state index contributed by atoms with van der Waals surface area (Å²) in [7, 11) is 1.61. The number of carbonyl (C=O) groups is 2. The van der Waals surface area contributed by atoms with Crippen LogP contribution in [0.3, 0.4) is 0 Å². The number of carbonyl (C=O) groups excluding carboxylic acids is 2. The molecular weight excluding hydrogens is 370 g/mol. The molecule has 0 spiro atoms. The highest BCUT2D eigenvalue weighted by Crippen LogP contribution is 2.31. The smallest absolute Gasteiger partial charge is 0.255 e. The summed E-state index contributed by atoms with van der Waals surface area (Å²) >= 11 is 6.34. The molecule has 2 saturated heterocycles. The summed E-state index contributed by atoms with van der Waals surface area (Å²) in [6.45, 7) is 4.13. The van der Waals surface area contributed by atoms with Gasteiger partial charge in [0.05, 0.1) is 35.8 Å². The first-order chi connectivity index (χ1) is 13.1. The van der Waals surface area contributed by atoms with E-state index in [1.165, 1.54) is 0 Å². The summed E-state index contributed by atoms with van der Waals surface area (Å²) in [6, 6.07) is 5.02. The van der Waals surface area contributed by atoms with Gasteiger partial charge in [0.25, 0.3) is 5.91 Å². The number of rotatable bonds is 5. The summed E-state index contributed by atoms with van der Waals surface area (Å²) in [4.78, 5) is 27.2. The summed E-state index contributed by atoms with van der Waals surface area (Å²) in [6.07, 6.45) is 1.43. The van der Waals surface area contributed by atoms with Crippen LogP contribution in [0.15, 0.2) is 18.2 Å². The van der Waals surface area contributed by atoms with Crippen molar-refractivity contribution < 1.29 is 19.1 Å². The van der Waals surface area contributed by atoms with Crippen molar-refractivity contribution in [1.29, 1.82) is 0 Å². The molecule has 2 aliphatic heterocycles. The van der Waals surface area contributed by atoms with E-state index >= 15 is 0 Å². The van der Waals surface area contributed by atoms with Crippen LogP contribution in [0.1, 0.15) is 23.2 Å². The van der Waals surface area contributed by atoms with E-state index < -0.39 is 5.41 Å². The van der Waals surface area contributed by atoms with Crippen LogP contribution < -0.4 is 10.6 Å². The predicted molar refractivity (Wildman–Crippen MR) is 103 cm³/mol. The molecule has 2 heterocycles. The van der Waals surface area contributed by atoms with Gasteiger partial charge in [-0.3, -0.25) is 9.59 Å². The molecule has 2 fully saturated rings. The summed E-state index contributed by atoms with van der Waals surface area (Å²) < 4.78 is 10.6. The third kappa shape index (κ3) is 4.60. The van der Waals surface area contributed by atoms with Gasteiger partial charge in [0.1, 0.15) is 0 Å². The molecule has 0 aliphatic carbocycles. The number of piperidine rings is 1. The van der Waals surface area contributed by atoms with Gasteiger partial charge in [-0.1, -0.05) is 11.6 Å². The highest BCUT2D eigenvalue weighted by Gasteiger charge is 2.39. The van der Waals surface area contributed by atoms with Crippen molar-refractivity contribution in [2.45, 2.75) is 12.8 Å². The van der Waals surface area contributed by atoms with Gasteiger partial charge in [-0.05, 0) is 44.1 Å². The van der Waals surface area contributed by atoms with Crippen molar-refractivity contribution in [2.24, 2.45) is 5.41 Å². The van der Waals surface area contributed by atoms with Crippen LogP contribution in [-0.4, -0.2) is 69.8 Å². The first-order valence-electron chi connectivity index (χ1n) is 9.23. The topological polar surface area (TPSA) is 79.9 Å². The lowest BCUT2D eigenvalue weighted by Gasteiger charge is -2.35. The Morgan fingerprint density at radius 2 is 2.00 bits per heavy atom. The highest BCUT2D eigenvalue weighted by molar-refractivity contribution is 6.34. The highest BCUT2D eigenvalue weighted by atomic mass is 35.5. The fraction of sp³-hybridized carbons (Fsp3) is 0.579. The molecule has 2 amide bonds. The second kappa shape index (κ2) is 9.01. The Morgan fingerprint density at radius 1 is 1.30 bits per heavy atom. The maximum atomic E-state index is 12.9. The Morgan fingerprint density at radius 3 is 2.63 bits per heavy atom. The molecule has 8 heteroatoms. The van der Waals surface area contributed by atoms with E-state index in [1.54, 1.807) is 30.2 Å². The molecule has 0 saturated carbocycles. The number of nitrogens with zero attached hydrogens (tertiary/aromatic N) is 1. The van der Waals surface area contributed by atoms with Crippen LogP contribution in [0.2, 0.25) is 5.02 Å². The van der Waals surface area contributed by atoms with E-state index in [2.05, 4.69) is 10.6 Å². The van der Waals surface area contributed by atoms with Gasteiger partial charge in [-0.2, -0.15) is 0 Å². The van der Waals surface area contributed by atoms with E-state index in [9.17, 15) is 9.59 Å². The van der Waals surface area contributed by atoms with Gasteiger partial charge >= 0.3 is 0 Å². The Labute approximate surface area is 164 Å². The lowest BCUT2D eigenvalue weighted by atomic mass is 9.78. The van der Waals surface area contributed by atoms with Crippen molar-refractivity contribution in [3.05, 3.63) is 28.8 Å². The van der Waals surface area contributed by atoms with E-state index in [0.717, 1.165) is 13.1 Å². The van der Waals surface area contributed by atoms with Gasteiger partial charge in [0.15, 0.2) is 0 Å². The normalized spacial score (nSPS) is 19.6. The largest absolute Gasteiger partial charge is 0.384 e. The number of hydrogen-bond acceptors (Lipinski definition) is 5. The minimum Gasteiger partial charge on any atom is -0.384 e. The van der Waals surface area contributed by atoms with Crippen LogP contribution in [0, 0.1) is 5.41 Å². The zero-order valence-corrected chi connectivity index (χ0v) is 16.3. The molecule has 1 aromatic rings. The minimum atomic E-state index is -0.547. The average molecular weight is 396 g/mol. The molecule has 0 atom stereocenters. The van der Waals surface area contributed by atoms with Gasteiger partial charge in [0, 0.05) is 25.9 Å². The number of methoxy groups -OCH3 is 1. The van der Waals surface area contributed by atoms with Crippen LogP contribution >= 0.6 is 11.6 Å². The van der Waals surface area contributed by atoms with Crippen LogP contribution in [-0.2, 0) is 14.3 Å². The number of ether oxygens (including phenoxy) is 2. The maximum absolute atomic E-state index is 12.9. The SMILES string of the molecule is COCC1(C(=O)Nc2ccc(C(=O)N3CCOCC3)c(Cl)c2)CCNCC1. The maximum Gasteiger partial charge on any atom is 0.255 e. The number of morpholine rings is 1. The van der Waals surface area contributed by atoms with Crippen molar-refractivity contribution in [3.8, 4) is 0 Å². The Balaban J connectivity index is 1.71. The molecule has 0 aromatic heterocycles. The summed E-state index contributed by atoms with van der Waals surface area (Å²) in [5.74, 6) is -0.190. The zero-order valence-electron chi connectivity index (χ0n) is 15.6. The number of hydrogen-bond donors (Lipinski definition) is 2. The number of amides is 2. The standard InChI is InChI=1S/C19H26ClN3O4/c1-26-13-19(4-6-21-7-5-19)18(25)22-14-2-3-15(16(20)12-14)17(24)23-8-10-27-11-9-23/h2-3,12,21H,4-11,13H2,1H3,(H,22,25). The molecule has 7 nitrogen and oxygen atoms in total. The van der Waals surface area contributed by atoms with E-state index in [1.807, 2.05) is 0 Å². The van der Waals surface area contributed by atoms with Crippen molar-refractivity contribution in [2.75, 3.05) is 58.4 Å².